The van der Waals surface area contributed by atoms with E-state index in [0.29, 0.717) is 19.3 Å². The molecule has 0 fully saturated rings. The second-order valence-corrected chi connectivity index (χ2v) is 11.4. The van der Waals surface area contributed by atoms with Crippen molar-refractivity contribution in [3.05, 3.63) is 60.8 Å². The molecule has 0 aromatic heterocycles. The zero-order valence-corrected chi connectivity index (χ0v) is 28.9. The van der Waals surface area contributed by atoms with E-state index in [9.17, 15) is 14.4 Å². The molecule has 6 heteroatoms. The molecular weight excluding hydrogens is 564 g/mol. The van der Waals surface area contributed by atoms with Crippen LogP contribution in [-0.2, 0) is 28.6 Å². The third-order valence-corrected chi connectivity index (χ3v) is 7.04. The largest absolute Gasteiger partial charge is 0.462 e. The van der Waals surface area contributed by atoms with E-state index in [0.717, 1.165) is 103 Å². The van der Waals surface area contributed by atoms with E-state index in [4.69, 9.17) is 14.2 Å². The summed E-state index contributed by atoms with van der Waals surface area (Å²) in [7, 11) is 0. The predicted octanol–water partition coefficient (Wildman–Crippen LogP) is 10.6. The van der Waals surface area contributed by atoms with Crippen molar-refractivity contribution in [1.82, 2.24) is 0 Å². The van der Waals surface area contributed by atoms with E-state index in [2.05, 4.69) is 81.5 Å². The van der Waals surface area contributed by atoms with Crippen molar-refractivity contribution in [2.24, 2.45) is 0 Å². The van der Waals surface area contributed by atoms with Crippen LogP contribution in [0.4, 0.5) is 0 Å². The molecule has 0 aliphatic heterocycles. The van der Waals surface area contributed by atoms with Gasteiger partial charge in [0.1, 0.15) is 13.2 Å². The van der Waals surface area contributed by atoms with Crippen LogP contribution >= 0.6 is 0 Å². The minimum atomic E-state index is -0.792. The Balaban J connectivity index is 4.36. The SMILES string of the molecule is CC/C=C/C/C=C/C/C=C/C/C=C/C/C=C/CCCC(=O)OC(COC(=O)CCCCCCC)COC(=O)CCCCCCC. The number of ether oxygens (including phenoxy) is 3. The molecule has 0 bridgehead atoms. The van der Waals surface area contributed by atoms with Crippen LogP contribution in [0.2, 0.25) is 0 Å². The fourth-order valence-electron chi connectivity index (χ4n) is 4.36. The lowest BCUT2D eigenvalue weighted by Gasteiger charge is -2.18. The number of hydrogen-bond acceptors (Lipinski definition) is 6. The van der Waals surface area contributed by atoms with E-state index < -0.39 is 6.10 Å². The lowest BCUT2D eigenvalue weighted by atomic mass is 10.1. The highest BCUT2D eigenvalue weighted by Gasteiger charge is 2.19. The van der Waals surface area contributed by atoms with Gasteiger partial charge in [-0.1, -0.05) is 133 Å². The molecule has 0 saturated carbocycles. The summed E-state index contributed by atoms with van der Waals surface area (Å²) >= 11 is 0. The standard InChI is InChI=1S/C39H64O6/c1-4-7-10-13-14-15-16-17-18-19-20-21-22-23-24-27-30-33-39(42)45-36(34-43-37(40)31-28-25-11-8-5-2)35-44-38(41)32-29-26-12-9-6-3/h7,10,14-15,17-18,20-21,23-24,36H,4-6,8-9,11-13,16,19,22,25-35H2,1-3H3/b10-7+,15-14+,18-17+,21-20+,24-23+. The molecule has 0 amide bonds. The van der Waals surface area contributed by atoms with Gasteiger partial charge in [0.2, 0.25) is 0 Å². The van der Waals surface area contributed by atoms with E-state index >= 15 is 0 Å². The van der Waals surface area contributed by atoms with Crippen molar-refractivity contribution >= 4 is 17.9 Å². The third kappa shape index (κ3) is 32.3. The fourth-order valence-corrected chi connectivity index (χ4v) is 4.36. The summed E-state index contributed by atoms with van der Waals surface area (Å²) in [6, 6.07) is 0. The Hall–Kier alpha value is -2.89. The summed E-state index contributed by atoms with van der Waals surface area (Å²) in [6.07, 6.45) is 38.4. The summed E-state index contributed by atoms with van der Waals surface area (Å²) in [5, 5.41) is 0. The molecule has 0 aliphatic rings. The minimum absolute atomic E-state index is 0.0991. The number of unbranched alkanes of at least 4 members (excludes halogenated alkanes) is 9. The number of rotatable bonds is 30. The van der Waals surface area contributed by atoms with E-state index in [1.165, 1.54) is 0 Å². The first-order chi connectivity index (χ1) is 22.0. The van der Waals surface area contributed by atoms with Gasteiger partial charge in [-0.15, -0.1) is 0 Å². The van der Waals surface area contributed by atoms with Crippen LogP contribution in [0.5, 0.6) is 0 Å². The third-order valence-electron chi connectivity index (χ3n) is 7.04. The van der Waals surface area contributed by atoms with Gasteiger partial charge in [-0.2, -0.15) is 0 Å². The van der Waals surface area contributed by atoms with Crippen LogP contribution in [0.3, 0.4) is 0 Å². The Morgan fingerprint density at radius 3 is 1.31 bits per heavy atom. The minimum Gasteiger partial charge on any atom is -0.462 e. The first-order valence-corrected chi connectivity index (χ1v) is 17.8. The molecular formula is C39H64O6. The molecule has 45 heavy (non-hydrogen) atoms. The van der Waals surface area contributed by atoms with Gasteiger partial charge in [0.05, 0.1) is 0 Å². The number of hydrogen-bond donors (Lipinski definition) is 0. The Kier molecular flexibility index (Phi) is 31.8. The van der Waals surface area contributed by atoms with E-state index in [1.807, 2.05) is 0 Å². The fraction of sp³-hybridized carbons (Fsp3) is 0.667. The quantitative estimate of drug-likeness (QED) is 0.0341. The van der Waals surface area contributed by atoms with Gasteiger partial charge in [0.15, 0.2) is 6.10 Å². The van der Waals surface area contributed by atoms with Crippen molar-refractivity contribution in [3.63, 3.8) is 0 Å². The molecule has 256 valence electrons. The van der Waals surface area contributed by atoms with Crippen LogP contribution < -0.4 is 0 Å². The second-order valence-electron chi connectivity index (χ2n) is 11.4. The lowest BCUT2D eigenvalue weighted by Crippen LogP contribution is -2.30. The molecule has 0 rings (SSSR count). The van der Waals surface area contributed by atoms with Crippen LogP contribution in [0.15, 0.2) is 60.8 Å². The van der Waals surface area contributed by atoms with Gasteiger partial charge in [-0.05, 0) is 57.8 Å². The maximum Gasteiger partial charge on any atom is 0.306 e. The van der Waals surface area contributed by atoms with Crippen LogP contribution in [0, 0.1) is 0 Å². The zero-order valence-electron chi connectivity index (χ0n) is 28.9. The predicted molar refractivity (Wildman–Crippen MR) is 187 cm³/mol. The monoisotopic (exact) mass is 628 g/mol. The molecule has 0 saturated heterocycles. The summed E-state index contributed by atoms with van der Waals surface area (Å²) < 4.78 is 16.3. The number of carbonyl (C=O) groups is 3. The topological polar surface area (TPSA) is 78.9 Å². The summed E-state index contributed by atoms with van der Waals surface area (Å²) in [5.41, 5.74) is 0. The maximum atomic E-state index is 12.5. The zero-order chi connectivity index (χ0) is 33.1. The van der Waals surface area contributed by atoms with Crippen molar-refractivity contribution in [1.29, 1.82) is 0 Å². The molecule has 0 unspecified atom stereocenters. The Morgan fingerprint density at radius 2 is 0.867 bits per heavy atom. The number of esters is 3. The lowest BCUT2D eigenvalue weighted by molar-refractivity contribution is -0.167. The van der Waals surface area contributed by atoms with Gasteiger partial charge < -0.3 is 14.2 Å². The summed E-state index contributed by atoms with van der Waals surface area (Å²) in [4.78, 5) is 36.9. The maximum absolute atomic E-state index is 12.5. The summed E-state index contributed by atoms with van der Waals surface area (Å²) in [6.45, 7) is 6.25. The molecule has 0 atom stereocenters. The van der Waals surface area contributed by atoms with Crippen molar-refractivity contribution in [2.75, 3.05) is 13.2 Å². The average molecular weight is 629 g/mol. The van der Waals surface area contributed by atoms with Gasteiger partial charge in [0, 0.05) is 19.3 Å². The summed E-state index contributed by atoms with van der Waals surface area (Å²) in [5.74, 6) is -1.00. The van der Waals surface area contributed by atoms with Crippen LogP contribution in [0.25, 0.3) is 0 Å². The van der Waals surface area contributed by atoms with Crippen molar-refractivity contribution in [2.45, 2.75) is 155 Å². The molecule has 6 nitrogen and oxygen atoms in total. The molecule has 0 radical (unpaired) electrons. The number of carbonyl (C=O) groups excluding carboxylic acids is 3. The smallest absolute Gasteiger partial charge is 0.306 e. The van der Waals surface area contributed by atoms with Crippen molar-refractivity contribution in [3.8, 4) is 0 Å². The molecule has 0 aliphatic carbocycles. The Labute approximate surface area is 275 Å². The first-order valence-electron chi connectivity index (χ1n) is 17.8. The Morgan fingerprint density at radius 1 is 0.467 bits per heavy atom. The van der Waals surface area contributed by atoms with E-state index in [-0.39, 0.29) is 37.5 Å². The van der Waals surface area contributed by atoms with Crippen LogP contribution in [-0.4, -0.2) is 37.2 Å². The highest BCUT2D eigenvalue weighted by molar-refractivity contribution is 5.71. The molecule has 0 heterocycles. The molecule has 0 aromatic rings. The molecule has 0 aromatic carbocycles. The van der Waals surface area contributed by atoms with Crippen LogP contribution in [0.1, 0.15) is 149 Å². The van der Waals surface area contributed by atoms with Gasteiger partial charge in [0.25, 0.3) is 0 Å². The molecule has 0 spiro atoms. The average Bonchev–Trinajstić information content (AvgIpc) is 3.03. The highest BCUT2D eigenvalue weighted by atomic mass is 16.6. The highest BCUT2D eigenvalue weighted by Crippen LogP contribution is 2.10. The molecule has 0 N–H and O–H groups in total. The van der Waals surface area contributed by atoms with Gasteiger partial charge in [-0.3, -0.25) is 14.4 Å². The van der Waals surface area contributed by atoms with Gasteiger partial charge in [-0.25, -0.2) is 0 Å². The normalized spacial score (nSPS) is 12.1. The first kappa shape index (κ1) is 42.1. The van der Waals surface area contributed by atoms with Gasteiger partial charge >= 0.3 is 17.9 Å². The van der Waals surface area contributed by atoms with Crippen molar-refractivity contribution < 1.29 is 28.6 Å². The Bertz CT molecular complexity index is 837. The number of allylic oxidation sites excluding steroid dienone is 10. The van der Waals surface area contributed by atoms with E-state index in [1.54, 1.807) is 0 Å². The second kappa shape index (κ2) is 34.0.